The van der Waals surface area contributed by atoms with Gasteiger partial charge in [0.25, 0.3) is 0 Å². The average molecular weight is 238 g/mol. The Morgan fingerprint density at radius 2 is 1.76 bits per heavy atom. The highest BCUT2D eigenvalue weighted by molar-refractivity contribution is 5.85. The second-order valence-electron chi connectivity index (χ2n) is 5.21. The highest BCUT2D eigenvalue weighted by Crippen LogP contribution is 2.17. The van der Waals surface area contributed by atoms with Gasteiger partial charge in [0, 0.05) is 12.5 Å². The van der Waals surface area contributed by atoms with E-state index in [1.54, 1.807) is 0 Å². The zero-order chi connectivity index (χ0) is 12.3. The molecule has 0 aromatic carbocycles. The number of rotatable bonds is 10. The van der Waals surface area contributed by atoms with Gasteiger partial charge in [-0.1, -0.05) is 58.8 Å². The van der Waals surface area contributed by atoms with Gasteiger partial charge >= 0.3 is 0 Å². The Balaban J connectivity index is 2.00. The van der Waals surface area contributed by atoms with Crippen LogP contribution in [0.1, 0.15) is 71.6 Å². The van der Waals surface area contributed by atoms with Crippen LogP contribution in [0.25, 0.3) is 0 Å². The first-order valence-corrected chi connectivity index (χ1v) is 7.66. The molecule has 1 unspecified atom stereocenters. The third-order valence-corrected chi connectivity index (χ3v) is 3.74. The van der Waals surface area contributed by atoms with Gasteiger partial charge in [-0.15, -0.1) is 0 Å². The first-order valence-electron chi connectivity index (χ1n) is 7.66. The van der Waals surface area contributed by atoms with E-state index in [0.717, 1.165) is 13.1 Å². The SMILES string of the molecule is CCCCCCCCCC(CC)C1=NCCN1. The molecule has 0 aliphatic carbocycles. The molecule has 0 saturated carbocycles. The van der Waals surface area contributed by atoms with Crippen molar-refractivity contribution >= 4 is 5.84 Å². The van der Waals surface area contributed by atoms with Crippen LogP contribution in [0.2, 0.25) is 0 Å². The Labute approximate surface area is 107 Å². The van der Waals surface area contributed by atoms with Crippen molar-refractivity contribution in [1.82, 2.24) is 5.32 Å². The summed E-state index contributed by atoms with van der Waals surface area (Å²) in [5, 5.41) is 3.43. The van der Waals surface area contributed by atoms with Crippen molar-refractivity contribution in [1.29, 1.82) is 0 Å². The molecule has 1 rings (SSSR count). The monoisotopic (exact) mass is 238 g/mol. The maximum atomic E-state index is 4.55. The molecule has 0 aromatic rings. The predicted octanol–water partition coefficient (Wildman–Crippen LogP) is 4.16. The number of nitrogens with one attached hydrogen (secondary N) is 1. The molecule has 100 valence electrons. The first kappa shape index (κ1) is 14.5. The number of aliphatic imine (C=N–C) groups is 1. The summed E-state index contributed by atoms with van der Waals surface area (Å²) in [6.45, 7) is 6.61. The minimum atomic E-state index is 0.702. The number of hydrogen-bond acceptors (Lipinski definition) is 2. The lowest BCUT2D eigenvalue weighted by Crippen LogP contribution is -2.26. The van der Waals surface area contributed by atoms with E-state index in [9.17, 15) is 0 Å². The van der Waals surface area contributed by atoms with Gasteiger partial charge in [-0.05, 0) is 12.8 Å². The van der Waals surface area contributed by atoms with E-state index >= 15 is 0 Å². The van der Waals surface area contributed by atoms with Crippen LogP contribution in [0.15, 0.2) is 4.99 Å². The lowest BCUT2D eigenvalue weighted by atomic mass is 9.96. The fraction of sp³-hybridized carbons (Fsp3) is 0.933. The fourth-order valence-corrected chi connectivity index (χ4v) is 2.57. The second kappa shape index (κ2) is 9.49. The Hall–Kier alpha value is -0.530. The summed E-state index contributed by atoms with van der Waals surface area (Å²) in [6.07, 6.45) is 12.4. The van der Waals surface area contributed by atoms with Crippen molar-refractivity contribution in [2.45, 2.75) is 71.6 Å². The van der Waals surface area contributed by atoms with Crippen molar-refractivity contribution in [2.24, 2.45) is 10.9 Å². The molecule has 0 saturated heterocycles. The Kier molecular flexibility index (Phi) is 8.12. The second-order valence-corrected chi connectivity index (χ2v) is 5.21. The van der Waals surface area contributed by atoms with Gasteiger partial charge in [-0.2, -0.15) is 0 Å². The van der Waals surface area contributed by atoms with E-state index in [1.165, 1.54) is 63.6 Å². The van der Waals surface area contributed by atoms with Gasteiger partial charge in [-0.3, -0.25) is 4.99 Å². The minimum Gasteiger partial charge on any atom is -0.372 e. The van der Waals surface area contributed by atoms with Gasteiger partial charge in [0.05, 0.1) is 12.4 Å². The summed E-state index contributed by atoms with van der Waals surface area (Å²) in [7, 11) is 0. The van der Waals surface area contributed by atoms with Crippen molar-refractivity contribution in [3.8, 4) is 0 Å². The van der Waals surface area contributed by atoms with E-state index in [2.05, 4.69) is 24.2 Å². The van der Waals surface area contributed by atoms with Crippen molar-refractivity contribution in [2.75, 3.05) is 13.1 Å². The number of unbranched alkanes of at least 4 members (excludes halogenated alkanes) is 6. The summed E-state index contributed by atoms with van der Waals surface area (Å²) >= 11 is 0. The molecule has 0 bridgehead atoms. The van der Waals surface area contributed by atoms with Crippen LogP contribution in [-0.4, -0.2) is 18.9 Å². The van der Waals surface area contributed by atoms with Crippen molar-refractivity contribution in [3.05, 3.63) is 0 Å². The lowest BCUT2D eigenvalue weighted by Gasteiger charge is -2.15. The van der Waals surface area contributed by atoms with Gasteiger partial charge in [0.1, 0.15) is 0 Å². The molecule has 0 spiro atoms. The summed E-state index contributed by atoms with van der Waals surface area (Å²) in [5.74, 6) is 1.99. The van der Waals surface area contributed by atoms with E-state index in [4.69, 9.17) is 0 Å². The third kappa shape index (κ3) is 6.09. The number of amidine groups is 1. The van der Waals surface area contributed by atoms with Crippen LogP contribution < -0.4 is 5.32 Å². The van der Waals surface area contributed by atoms with E-state index < -0.39 is 0 Å². The van der Waals surface area contributed by atoms with Gasteiger partial charge in [0.2, 0.25) is 0 Å². The average Bonchev–Trinajstić information content (AvgIpc) is 2.86. The van der Waals surface area contributed by atoms with E-state index in [1.807, 2.05) is 0 Å². The molecule has 1 aliphatic rings. The normalized spacial score (nSPS) is 16.7. The molecule has 1 heterocycles. The standard InChI is InChI=1S/C15H30N2/c1-3-5-6-7-8-9-10-11-14(4-2)15-16-12-13-17-15/h14H,3-13H2,1-2H3,(H,16,17). The fourth-order valence-electron chi connectivity index (χ4n) is 2.57. The quantitative estimate of drug-likeness (QED) is 0.568. The zero-order valence-corrected chi connectivity index (χ0v) is 11.8. The molecule has 1 aliphatic heterocycles. The molecular formula is C15H30N2. The smallest absolute Gasteiger partial charge is 0.0995 e. The predicted molar refractivity (Wildman–Crippen MR) is 76.7 cm³/mol. The van der Waals surface area contributed by atoms with Gasteiger partial charge in [-0.25, -0.2) is 0 Å². The molecule has 1 atom stereocenters. The summed E-state index contributed by atoms with van der Waals surface area (Å²) in [5.41, 5.74) is 0. The van der Waals surface area contributed by atoms with Crippen LogP contribution in [0.4, 0.5) is 0 Å². The highest BCUT2D eigenvalue weighted by Gasteiger charge is 2.15. The summed E-state index contributed by atoms with van der Waals surface area (Å²) in [6, 6.07) is 0. The third-order valence-electron chi connectivity index (χ3n) is 3.74. The summed E-state index contributed by atoms with van der Waals surface area (Å²) < 4.78 is 0. The highest BCUT2D eigenvalue weighted by atomic mass is 15.1. The van der Waals surface area contributed by atoms with Crippen LogP contribution in [0.3, 0.4) is 0 Å². The maximum absolute atomic E-state index is 4.55. The lowest BCUT2D eigenvalue weighted by molar-refractivity contribution is 0.518. The minimum absolute atomic E-state index is 0.702. The van der Waals surface area contributed by atoms with Crippen LogP contribution in [0, 0.1) is 5.92 Å². The van der Waals surface area contributed by atoms with Crippen molar-refractivity contribution in [3.63, 3.8) is 0 Å². The van der Waals surface area contributed by atoms with Crippen LogP contribution >= 0.6 is 0 Å². The van der Waals surface area contributed by atoms with Gasteiger partial charge in [0.15, 0.2) is 0 Å². The first-order chi connectivity index (χ1) is 8.38. The number of nitrogens with zero attached hydrogens (tertiary/aromatic N) is 1. The van der Waals surface area contributed by atoms with Crippen molar-refractivity contribution < 1.29 is 0 Å². The largest absolute Gasteiger partial charge is 0.372 e. The molecule has 0 amide bonds. The maximum Gasteiger partial charge on any atom is 0.0995 e. The van der Waals surface area contributed by atoms with Crippen LogP contribution in [-0.2, 0) is 0 Å². The molecule has 2 heteroatoms. The Morgan fingerprint density at radius 3 is 2.35 bits per heavy atom. The van der Waals surface area contributed by atoms with E-state index in [-0.39, 0.29) is 0 Å². The molecule has 17 heavy (non-hydrogen) atoms. The Morgan fingerprint density at radius 1 is 1.06 bits per heavy atom. The molecule has 2 nitrogen and oxygen atoms in total. The molecule has 0 fully saturated rings. The number of hydrogen-bond donors (Lipinski definition) is 1. The summed E-state index contributed by atoms with van der Waals surface area (Å²) in [4.78, 5) is 4.55. The van der Waals surface area contributed by atoms with E-state index in [0.29, 0.717) is 5.92 Å². The van der Waals surface area contributed by atoms with Crippen LogP contribution in [0.5, 0.6) is 0 Å². The Bertz CT molecular complexity index is 211. The molecule has 0 radical (unpaired) electrons. The zero-order valence-electron chi connectivity index (χ0n) is 11.8. The molecule has 0 aromatic heterocycles. The topological polar surface area (TPSA) is 24.4 Å². The molecular weight excluding hydrogens is 208 g/mol. The van der Waals surface area contributed by atoms with Gasteiger partial charge < -0.3 is 5.32 Å². The molecule has 1 N–H and O–H groups in total.